The minimum atomic E-state index is -3.36. The van der Waals surface area contributed by atoms with Gasteiger partial charge in [-0.1, -0.05) is 18.2 Å². The highest BCUT2D eigenvalue weighted by atomic mass is 32.2. The van der Waals surface area contributed by atoms with Crippen molar-refractivity contribution in [2.75, 3.05) is 49.2 Å². The lowest BCUT2D eigenvalue weighted by atomic mass is 10.1. The molecule has 3 rings (SSSR count). The van der Waals surface area contributed by atoms with Gasteiger partial charge in [-0.15, -0.1) is 0 Å². The van der Waals surface area contributed by atoms with Gasteiger partial charge in [0.2, 0.25) is 10.0 Å². The van der Waals surface area contributed by atoms with E-state index in [2.05, 4.69) is 10.2 Å². The second-order valence-electron chi connectivity index (χ2n) is 6.82. The molecule has 7 nitrogen and oxygen atoms in total. The van der Waals surface area contributed by atoms with Crippen LogP contribution in [0.25, 0.3) is 0 Å². The van der Waals surface area contributed by atoms with E-state index in [0.717, 1.165) is 44.7 Å². The summed E-state index contributed by atoms with van der Waals surface area (Å²) in [6, 6.07) is 14.3. The maximum absolute atomic E-state index is 12.5. The van der Waals surface area contributed by atoms with Gasteiger partial charge in [-0.05, 0) is 35.9 Å². The second kappa shape index (κ2) is 8.72. The van der Waals surface area contributed by atoms with Gasteiger partial charge in [-0.25, -0.2) is 8.42 Å². The molecule has 1 N–H and O–H groups in total. The van der Waals surface area contributed by atoms with Crippen molar-refractivity contribution in [3.8, 4) is 0 Å². The molecule has 150 valence electrons. The normalized spacial score (nSPS) is 15.2. The van der Waals surface area contributed by atoms with Gasteiger partial charge in [0.25, 0.3) is 5.91 Å². The van der Waals surface area contributed by atoms with E-state index in [4.69, 9.17) is 4.74 Å². The predicted molar refractivity (Wildman–Crippen MR) is 110 cm³/mol. The van der Waals surface area contributed by atoms with Crippen LogP contribution < -0.4 is 9.62 Å². The van der Waals surface area contributed by atoms with Crippen LogP contribution in [0.5, 0.6) is 0 Å². The van der Waals surface area contributed by atoms with Crippen LogP contribution in [0.4, 0.5) is 11.4 Å². The molecule has 0 radical (unpaired) electrons. The Morgan fingerprint density at radius 2 is 1.82 bits per heavy atom. The molecule has 1 heterocycles. The van der Waals surface area contributed by atoms with Crippen molar-refractivity contribution in [3.63, 3.8) is 0 Å². The topological polar surface area (TPSA) is 79.0 Å². The molecule has 1 aliphatic heterocycles. The number of sulfonamides is 1. The molecule has 0 saturated carbocycles. The predicted octanol–water partition coefficient (Wildman–Crippen LogP) is 2.17. The first-order valence-corrected chi connectivity index (χ1v) is 10.9. The van der Waals surface area contributed by atoms with Crippen molar-refractivity contribution in [1.29, 1.82) is 0 Å². The van der Waals surface area contributed by atoms with Gasteiger partial charge in [0, 0.05) is 37.9 Å². The van der Waals surface area contributed by atoms with Gasteiger partial charge in [0.05, 0.1) is 25.2 Å². The Hall–Kier alpha value is -2.42. The zero-order valence-electron chi connectivity index (χ0n) is 16.1. The van der Waals surface area contributed by atoms with Crippen LogP contribution in [0.2, 0.25) is 0 Å². The Morgan fingerprint density at radius 3 is 2.46 bits per heavy atom. The lowest BCUT2D eigenvalue weighted by molar-refractivity contribution is 0.0342. The van der Waals surface area contributed by atoms with E-state index in [9.17, 15) is 13.2 Å². The molecule has 8 heteroatoms. The van der Waals surface area contributed by atoms with Crippen LogP contribution in [0.3, 0.4) is 0 Å². The summed E-state index contributed by atoms with van der Waals surface area (Å²) in [5, 5.41) is 2.82. The van der Waals surface area contributed by atoms with E-state index in [-0.39, 0.29) is 5.91 Å². The fourth-order valence-electron chi connectivity index (χ4n) is 2.95. The highest BCUT2D eigenvalue weighted by molar-refractivity contribution is 7.92. The zero-order valence-corrected chi connectivity index (χ0v) is 16.9. The quantitative estimate of drug-likeness (QED) is 0.800. The Balaban J connectivity index is 1.64. The standard InChI is InChI=1S/C20H25N3O4S/c1-22(28(2,25)26)19-5-3-4-18(14-19)21-20(24)17-8-6-16(7-9-17)15-23-10-12-27-13-11-23/h3-9,14H,10-13,15H2,1-2H3,(H,21,24). The first kappa shape index (κ1) is 20.3. The van der Waals surface area contributed by atoms with Crippen molar-refractivity contribution < 1.29 is 17.9 Å². The van der Waals surface area contributed by atoms with Gasteiger partial charge in [0.15, 0.2) is 0 Å². The zero-order chi connectivity index (χ0) is 20.1. The van der Waals surface area contributed by atoms with E-state index in [1.165, 1.54) is 11.4 Å². The number of ether oxygens (including phenoxy) is 1. The van der Waals surface area contributed by atoms with Gasteiger partial charge >= 0.3 is 0 Å². The number of carbonyl (C=O) groups is 1. The lowest BCUT2D eigenvalue weighted by Gasteiger charge is -2.26. The molecule has 0 atom stereocenters. The van der Waals surface area contributed by atoms with E-state index < -0.39 is 10.0 Å². The van der Waals surface area contributed by atoms with Gasteiger partial charge in [0.1, 0.15) is 0 Å². The number of rotatable bonds is 6. The van der Waals surface area contributed by atoms with Crippen molar-refractivity contribution in [2.45, 2.75) is 6.54 Å². The van der Waals surface area contributed by atoms with E-state index >= 15 is 0 Å². The maximum Gasteiger partial charge on any atom is 0.255 e. The molecule has 1 aliphatic rings. The summed E-state index contributed by atoms with van der Waals surface area (Å²) >= 11 is 0. The van der Waals surface area contributed by atoms with Gasteiger partial charge < -0.3 is 10.1 Å². The summed E-state index contributed by atoms with van der Waals surface area (Å²) in [6.45, 7) is 4.19. The maximum atomic E-state index is 12.5. The summed E-state index contributed by atoms with van der Waals surface area (Å²) in [6.07, 6.45) is 1.14. The number of anilines is 2. The SMILES string of the molecule is CN(c1cccc(NC(=O)c2ccc(CN3CCOCC3)cc2)c1)S(C)(=O)=O. The largest absolute Gasteiger partial charge is 0.379 e. The smallest absolute Gasteiger partial charge is 0.255 e. The molecule has 2 aromatic carbocycles. The van der Waals surface area contributed by atoms with Crippen molar-refractivity contribution in [3.05, 3.63) is 59.7 Å². The molecule has 0 aliphatic carbocycles. The van der Waals surface area contributed by atoms with E-state index in [1.54, 1.807) is 36.4 Å². The summed E-state index contributed by atoms with van der Waals surface area (Å²) < 4.78 is 29.9. The highest BCUT2D eigenvalue weighted by Gasteiger charge is 2.14. The van der Waals surface area contributed by atoms with Crippen molar-refractivity contribution >= 4 is 27.3 Å². The average molecular weight is 404 g/mol. The number of hydrogen-bond donors (Lipinski definition) is 1. The van der Waals surface area contributed by atoms with Crippen LogP contribution in [0, 0.1) is 0 Å². The fraction of sp³-hybridized carbons (Fsp3) is 0.350. The number of nitrogens with one attached hydrogen (secondary N) is 1. The number of amides is 1. The third kappa shape index (κ3) is 5.31. The molecule has 1 fully saturated rings. The molecule has 0 unspecified atom stereocenters. The van der Waals surface area contributed by atoms with E-state index in [1.807, 2.05) is 12.1 Å². The fourth-order valence-corrected chi connectivity index (χ4v) is 3.45. The number of hydrogen-bond acceptors (Lipinski definition) is 5. The molecule has 0 aromatic heterocycles. The molecule has 0 bridgehead atoms. The number of nitrogens with zero attached hydrogens (tertiary/aromatic N) is 2. The first-order valence-electron chi connectivity index (χ1n) is 9.07. The van der Waals surface area contributed by atoms with Crippen LogP contribution >= 0.6 is 0 Å². The lowest BCUT2D eigenvalue weighted by Crippen LogP contribution is -2.35. The number of benzene rings is 2. The highest BCUT2D eigenvalue weighted by Crippen LogP contribution is 2.21. The number of carbonyl (C=O) groups excluding carboxylic acids is 1. The van der Waals surface area contributed by atoms with Crippen LogP contribution in [0.1, 0.15) is 15.9 Å². The van der Waals surface area contributed by atoms with Crippen LogP contribution in [-0.2, 0) is 21.3 Å². The molecule has 28 heavy (non-hydrogen) atoms. The summed E-state index contributed by atoms with van der Waals surface area (Å²) in [5.41, 5.74) is 2.72. The van der Waals surface area contributed by atoms with Crippen molar-refractivity contribution in [2.24, 2.45) is 0 Å². The Labute approximate surface area is 166 Å². The summed E-state index contributed by atoms with van der Waals surface area (Å²) in [4.78, 5) is 14.8. The third-order valence-electron chi connectivity index (χ3n) is 4.69. The van der Waals surface area contributed by atoms with E-state index in [0.29, 0.717) is 16.9 Å². The Kier molecular flexibility index (Phi) is 6.33. The minimum absolute atomic E-state index is 0.239. The van der Waals surface area contributed by atoms with Crippen molar-refractivity contribution in [1.82, 2.24) is 4.90 Å². The summed E-state index contributed by atoms with van der Waals surface area (Å²) in [7, 11) is -1.89. The monoisotopic (exact) mass is 403 g/mol. The minimum Gasteiger partial charge on any atom is -0.379 e. The summed E-state index contributed by atoms with van der Waals surface area (Å²) in [5.74, 6) is -0.239. The van der Waals surface area contributed by atoms with Gasteiger partial charge in [-0.2, -0.15) is 0 Å². The molecule has 1 saturated heterocycles. The number of morpholine rings is 1. The molecular formula is C20H25N3O4S. The third-order valence-corrected chi connectivity index (χ3v) is 5.90. The van der Waals surface area contributed by atoms with Gasteiger partial charge in [-0.3, -0.25) is 14.0 Å². The average Bonchev–Trinajstić information content (AvgIpc) is 2.68. The first-order chi connectivity index (χ1) is 13.3. The molecule has 1 amide bonds. The molecular weight excluding hydrogens is 378 g/mol. The molecule has 2 aromatic rings. The second-order valence-corrected chi connectivity index (χ2v) is 8.83. The van der Waals surface area contributed by atoms with Crippen LogP contribution in [0.15, 0.2) is 48.5 Å². The van der Waals surface area contributed by atoms with Crippen LogP contribution in [-0.4, -0.2) is 58.8 Å². The molecule has 0 spiro atoms. The Bertz CT molecular complexity index is 923. The Morgan fingerprint density at radius 1 is 1.14 bits per heavy atom.